The Balaban J connectivity index is 3.09. The first kappa shape index (κ1) is 8.88. The highest BCUT2D eigenvalue weighted by molar-refractivity contribution is 4.32. The third-order valence-electron chi connectivity index (χ3n) is 0.917. The summed E-state index contributed by atoms with van der Waals surface area (Å²) < 4.78 is 4.89. The van der Waals surface area contributed by atoms with E-state index in [1.54, 1.807) is 7.11 Å². The molecule has 0 spiro atoms. The van der Waals surface area contributed by atoms with Crippen molar-refractivity contribution < 1.29 is 9.57 Å². The SMILES string of the molecule is CC[N]OC(CC)OC. The molecule has 0 heterocycles. The standard InChI is InChI=1S/C6H14NO2/c1-4-6(8-3)9-7-5-2/h6H,4-5H2,1-3H3. The molecule has 0 rings (SSSR count). The quantitative estimate of drug-likeness (QED) is 0.411. The maximum atomic E-state index is 4.89. The number of hydrogen-bond acceptors (Lipinski definition) is 2. The van der Waals surface area contributed by atoms with Crippen LogP contribution >= 0.6 is 0 Å². The Labute approximate surface area is 56.3 Å². The van der Waals surface area contributed by atoms with Crippen molar-refractivity contribution in [2.75, 3.05) is 13.7 Å². The molecule has 3 nitrogen and oxygen atoms in total. The van der Waals surface area contributed by atoms with E-state index in [2.05, 4.69) is 5.48 Å². The van der Waals surface area contributed by atoms with E-state index < -0.39 is 0 Å². The molecule has 55 valence electrons. The molecule has 0 aromatic rings. The molecule has 0 bridgehead atoms. The van der Waals surface area contributed by atoms with Gasteiger partial charge in [-0.2, -0.15) is 0 Å². The summed E-state index contributed by atoms with van der Waals surface area (Å²) in [6, 6.07) is 0. The number of nitrogens with zero attached hydrogens (tertiary/aromatic N) is 1. The average molecular weight is 132 g/mol. The van der Waals surface area contributed by atoms with Crippen LogP contribution < -0.4 is 5.48 Å². The lowest BCUT2D eigenvalue weighted by atomic mass is 10.5. The third kappa shape index (κ3) is 4.39. The normalized spacial score (nSPS) is 13.7. The fourth-order valence-corrected chi connectivity index (χ4v) is 0.442. The summed E-state index contributed by atoms with van der Waals surface area (Å²) in [5.41, 5.74) is 3.69. The number of rotatable bonds is 5. The molecule has 0 saturated heterocycles. The minimum absolute atomic E-state index is 0.162. The number of hydroxylamine groups is 1. The fraction of sp³-hybridized carbons (Fsp3) is 1.00. The lowest BCUT2D eigenvalue weighted by Crippen LogP contribution is -2.19. The van der Waals surface area contributed by atoms with Gasteiger partial charge in [-0.05, 0) is 13.3 Å². The zero-order chi connectivity index (χ0) is 7.11. The van der Waals surface area contributed by atoms with Gasteiger partial charge in [-0.15, -0.1) is 0 Å². The lowest BCUT2D eigenvalue weighted by Gasteiger charge is -2.10. The molecule has 0 aliphatic carbocycles. The lowest BCUT2D eigenvalue weighted by molar-refractivity contribution is -0.168. The Morgan fingerprint density at radius 3 is 2.44 bits per heavy atom. The second-order valence-electron chi connectivity index (χ2n) is 1.62. The maximum Gasteiger partial charge on any atom is 0.178 e. The van der Waals surface area contributed by atoms with E-state index in [9.17, 15) is 0 Å². The minimum atomic E-state index is -0.162. The third-order valence-corrected chi connectivity index (χ3v) is 0.917. The van der Waals surface area contributed by atoms with Gasteiger partial charge in [0.25, 0.3) is 0 Å². The Hall–Kier alpha value is -0.120. The molecule has 1 unspecified atom stereocenters. The second-order valence-corrected chi connectivity index (χ2v) is 1.62. The van der Waals surface area contributed by atoms with Crippen molar-refractivity contribution >= 4 is 0 Å². The van der Waals surface area contributed by atoms with Crippen molar-refractivity contribution in [3.05, 3.63) is 0 Å². The van der Waals surface area contributed by atoms with E-state index in [0.29, 0.717) is 6.54 Å². The van der Waals surface area contributed by atoms with Gasteiger partial charge in [0.05, 0.1) is 0 Å². The molecule has 1 atom stereocenters. The van der Waals surface area contributed by atoms with Gasteiger partial charge in [-0.25, -0.2) is 0 Å². The molecule has 0 aromatic heterocycles. The van der Waals surface area contributed by atoms with Crippen LogP contribution in [-0.4, -0.2) is 19.9 Å². The van der Waals surface area contributed by atoms with Gasteiger partial charge in [0.2, 0.25) is 0 Å². The molecule has 1 radical (unpaired) electrons. The van der Waals surface area contributed by atoms with Gasteiger partial charge in [0.15, 0.2) is 6.29 Å². The van der Waals surface area contributed by atoms with Crippen molar-refractivity contribution in [2.45, 2.75) is 26.6 Å². The van der Waals surface area contributed by atoms with Crippen LogP contribution in [0.2, 0.25) is 0 Å². The van der Waals surface area contributed by atoms with Crippen molar-refractivity contribution in [3.63, 3.8) is 0 Å². The summed E-state index contributed by atoms with van der Waals surface area (Å²) in [5, 5.41) is 0. The number of hydrogen-bond donors (Lipinski definition) is 0. The van der Waals surface area contributed by atoms with Crippen LogP contribution in [0.3, 0.4) is 0 Å². The Morgan fingerprint density at radius 1 is 1.44 bits per heavy atom. The smallest absolute Gasteiger partial charge is 0.178 e. The topological polar surface area (TPSA) is 32.6 Å². The van der Waals surface area contributed by atoms with E-state index in [4.69, 9.17) is 9.57 Å². The predicted molar refractivity (Wildman–Crippen MR) is 34.8 cm³/mol. The molecule has 0 aliphatic heterocycles. The largest absolute Gasteiger partial charge is 0.354 e. The molecular formula is C6H14NO2. The average Bonchev–Trinajstić information content (AvgIpc) is 1.91. The Bertz CT molecular complexity index is 55.0. The molecule has 0 N–H and O–H groups in total. The zero-order valence-corrected chi connectivity index (χ0v) is 6.26. The van der Waals surface area contributed by atoms with Crippen molar-refractivity contribution in [3.8, 4) is 0 Å². The van der Waals surface area contributed by atoms with Crippen LogP contribution in [0.25, 0.3) is 0 Å². The Kier molecular flexibility index (Phi) is 5.93. The molecule has 0 aliphatic rings. The summed E-state index contributed by atoms with van der Waals surface area (Å²) in [6.45, 7) is 4.58. The zero-order valence-electron chi connectivity index (χ0n) is 6.26. The van der Waals surface area contributed by atoms with Crippen LogP contribution in [0, 0.1) is 0 Å². The molecular weight excluding hydrogens is 118 g/mol. The summed E-state index contributed by atoms with van der Waals surface area (Å²) in [5.74, 6) is 0. The monoisotopic (exact) mass is 132 g/mol. The molecule has 0 fully saturated rings. The predicted octanol–water partition coefficient (Wildman–Crippen LogP) is 0.925. The summed E-state index contributed by atoms with van der Waals surface area (Å²) >= 11 is 0. The number of ether oxygens (including phenoxy) is 1. The van der Waals surface area contributed by atoms with E-state index >= 15 is 0 Å². The second kappa shape index (κ2) is 6.01. The van der Waals surface area contributed by atoms with E-state index in [1.807, 2.05) is 13.8 Å². The number of methoxy groups -OCH3 is 1. The first-order valence-electron chi connectivity index (χ1n) is 3.20. The van der Waals surface area contributed by atoms with Gasteiger partial charge in [0.1, 0.15) is 0 Å². The molecule has 0 aromatic carbocycles. The van der Waals surface area contributed by atoms with E-state index in [0.717, 1.165) is 6.42 Å². The molecule has 3 heteroatoms. The fourth-order valence-electron chi connectivity index (χ4n) is 0.442. The summed E-state index contributed by atoms with van der Waals surface area (Å²) in [7, 11) is 1.61. The highest BCUT2D eigenvalue weighted by Crippen LogP contribution is 1.94. The van der Waals surface area contributed by atoms with Crippen molar-refractivity contribution in [1.29, 1.82) is 0 Å². The van der Waals surface area contributed by atoms with Gasteiger partial charge >= 0.3 is 0 Å². The van der Waals surface area contributed by atoms with Gasteiger partial charge in [0, 0.05) is 13.7 Å². The van der Waals surface area contributed by atoms with Crippen molar-refractivity contribution in [1.82, 2.24) is 5.48 Å². The van der Waals surface area contributed by atoms with Crippen LogP contribution in [0.15, 0.2) is 0 Å². The highest BCUT2D eigenvalue weighted by Gasteiger charge is 2.01. The molecule has 0 amide bonds. The first-order chi connectivity index (χ1) is 4.35. The van der Waals surface area contributed by atoms with E-state index in [-0.39, 0.29) is 6.29 Å². The van der Waals surface area contributed by atoms with E-state index in [1.165, 1.54) is 0 Å². The summed E-state index contributed by atoms with van der Waals surface area (Å²) in [6.07, 6.45) is 0.671. The molecule has 0 saturated carbocycles. The van der Waals surface area contributed by atoms with Gasteiger partial charge < -0.3 is 4.74 Å². The van der Waals surface area contributed by atoms with Crippen LogP contribution in [0.1, 0.15) is 20.3 Å². The minimum Gasteiger partial charge on any atom is -0.354 e. The van der Waals surface area contributed by atoms with Gasteiger partial charge in [-0.1, -0.05) is 12.4 Å². The summed E-state index contributed by atoms with van der Waals surface area (Å²) in [4.78, 5) is 4.89. The Morgan fingerprint density at radius 2 is 2.11 bits per heavy atom. The van der Waals surface area contributed by atoms with Crippen LogP contribution in [0.4, 0.5) is 0 Å². The van der Waals surface area contributed by atoms with Crippen LogP contribution in [-0.2, 0) is 9.57 Å². The van der Waals surface area contributed by atoms with Crippen LogP contribution in [0.5, 0.6) is 0 Å². The molecule has 9 heavy (non-hydrogen) atoms. The highest BCUT2D eigenvalue weighted by atomic mass is 16.8. The van der Waals surface area contributed by atoms with Crippen molar-refractivity contribution in [2.24, 2.45) is 0 Å². The maximum absolute atomic E-state index is 4.89. The first-order valence-corrected chi connectivity index (χ1v) is 3.20. The van der Waals surface area contributed by atoms with Gasteiger partial charge in [-0.3, -0.25) is 4.84 Å².